The Morgan fingerprint density at radius 1 is 1.12 bits per heavy atom. The van der Waals surface area contributed by atoms with Crippen molar-refractivity contribution in [2.75, 3.05) is 20.2 Å². The van der Waals surface area contributed by atoms with Gasteiger partial charge in [-0.3, -0.25) is 4.79 Å². The molecule has 2 aromatic rings. The fraction of sp³-hybridized carbons (Fsp3) is 0.400. The van der Waals surface area contributed by atoms with Gasteiger partial charge >= 0.3 is 0 Å². The number of benzene rings is 2. The van der Waals surface area contributed by atoms with E-state index in [1.54, 1.807) is 19.2 Å². The second kappa shape index (κ2) is 11.2. The van der Waals surface area contributed by atoms with Crippen molar-refractivity contribution < 1.29 is 9.53 Å². The van der Waals surface area contributed by atoms with E-state index < -0.39 is 0 Å². The first-order valence-electron chi connectivity index (χ1n) is 11.1. The summed E-state index contributed by atoms with van der Waals surface area (Å²) in [5.41, 5.74) is 1.62. The van der Waals surface area contributed by atoms with Gasteiger partial charge in [-0.15, -0.1) is 4.99 Å². The molecule has 0 heterocycles. The molecule has 0 saturated heterocycles. The lowest BCUT2D eigenvalue weighted by Gasteiger charge is -2.41. The van der Waals surface area contributed by atoms with Gasteiger partial charge in [-0.2, -0.15) is 5.26 Å². The van der Waals surface area contributed by atoms with Crippen LogP contribution in [0.15, 0.2) is 59.6 Å². The van der Waals surface area contributed by atoms with Crippen LogP contribution in [0, 0.1) is 11.5 Å². The zero-order valence-electron chi connectivity index (χ0n) is 18.7. The third kappa shape index (κ3) is 5.58. The molecule has 0 radical (unpaired) electrons. The fourth-order valence-corrected chi connectivity index (χ4v) is 4.38. The maximum Gasteiger partial charge on any atom is 0.255 e. The molecule has 32 heavy (non-hydrogen) atoms. The molecule has 0 atom stereocenters. The van der Waals surface area contributed by atoms with E-state index >= 15 is 0 Å². The number of guanidine groups is 1. The van der Waals surface area contributed by atoms with Crippen molar-refractivity contribution in [2.45, 2.75) is 44.1 Å². The Bertz CT molecular complexity index is 960. The normalized spacial score (nSPS) is 20.7. The van der Waals surface area contributed by atoms with E-state index in [4.69, 9.17) is 10.00 Å². The monoisotopic (exact) mass is 433 g/mol. The van der Waals surface area contributed by atoms with E-state index in [-0.39, 0.29) is 17.4 Å². The van der Waals surface area contributed by atoms with E-state index in [0.29, 0.717) is 30.4 Å². The number of para-hydroxylation sites is 1. The minimum Gasteiger partial charge on any atom is -0.496 e. The lowest BCUT2D eigenvalue weighted by molar-refractivity contribution is 0.0932. The quantitative estimate of drug-likeness (QED) is 0.353. The van der Waals surface area contributed by atoms with Crippen molar-refractivity contribution in [1.82, 2.24) is 16.0 Å². The van der Waals surface area contributed by atoms with Gasteiger partial charge in [0, 0.05) is 24.5 Å². The average molecular weight is 434 g/mol. The van der Waals surface area contributed by atoms with Crippen molar-refractivity contribution in [3.8, 4) is 11.9 Å². The highest BCUT2D eigenvalue weighted by Gasteiger charge is 2.37. The van der Waals surface area contributed by atoms with Gasteiger partial charge in [-0.05, 0) is 50.3 Å². The molecule has 0 bridgehead atoms. The number of carbonyl (C=O) groups excluding carboxylic acids is 1. The smallest absolute Gasteiger partial charge is 0.255 e. The average Bonchev–Trinajstić information content (AvgIpc) is 2.84. The number of hydrogen-bond donors (Lipinski definition) is 3. The number of rotatable bonds is 7. The summed E-state index contributed by atoms with van der Waals surface area (Å²) in [5, 5.41) is 18.5. The first-order chi connectivity index (χ1) is 15.6. The van der Waals surface area contributed by atoms with E-state index in [0.717, 1.165) is 25.7 Å². The maximum atomic E-state index is 12.9. The van der Waals surface area contributed by atoms with Crippen LogP contribution in [0.4, 0.5) is 0 Å². The van der Waals surface area contributed by atoms with Crippen molar-refractivity contribution >= 4 is 11.9 Å². The zero-order chi connectivity index (χ0) is 22.8. The molecule has 1 aliphatic carbocycles. The molecule has 7 heteroatoms. The van der Waals surface area contributed by atoms with Crippen LogP contribution in [0.3, 0.4) is 0 Å². The van der Waals surface area contributed by atoms with Crippen LogP contribution in [-0.2, 0) is 5.41 Å². The molecule has 2 aromatic carbocycles. The predicted octanol–water partition coefficient (Wildman–Crippen LogP) is 3.34. The third-order valence-electron chi connectivity index (χ3n) is 6.11. The van der Waals surface area contributed by atoms with E-state index in [1.165, 1.54) is 5.56 Å². The summed E-state index contributed by atoms with van der Waals surface area (Å²) < 4.78 is 5.35. The van der Waals surface area contributed by atoms with E-state index in [2.05, 4.69) is 33.1 Å². The minimum absolute atomic E-state index is 0.131. The van der Waals surface area contributed by atoms with Gasteiger partial charge in [0.1, 0.15) is 5.75 Å². The number of carbonyl (C=O) groups is 1. The van der Waals surface area contributed by atoms with Crippen molar-refractivity contribution in [3.63, 3.8) is 0 Å². The number of methoxy groups -OCH3 is 1. The molecule has 7 nitrogen and oxygen atoms in total. The molecule has 1 fully saturated rings. The Morgan fingerprint density at radius 2 is 1.81 bits per heavy atom. The predicted molar refractivity (Wildman–Crippen MR) is 126 cm³/mol. The van der Waals surface area contributed by atoms with Gasteiger partial charge in [-0.25, -0.2) is 0 Å². The molecule has 3 rings (SSSR count). The number of nitrogens with zero attached hydrogens (tertiary/aromatic N) is 2. The summed E-state index contributed by atoms with van der Waals surface area (Å²) in [7, 11) is 1.57. The lowest BCUT2D eigenvalue weighted by atomic mass is 9.68. The van der Waals surface area contributed by atoms with Gasteiger partial charge in [0.2, 0.25) is 12.2 Å². The Balaban J connectivity index is 1.73. The van der Waals surface area contributed by atoms with Gasteiger partial charge in [0.05, 0.1) is 12.7 Å². The molecule has 0 spiro atoms. The van der Waals surface area contributed by atoms with Crippen LogP contribution in [0.5, 0.6) is 5.75 Å². The summed E-state index contributed by atoms with van der Waals surface area (Å²) in [6.07, 6.45) is 5.49. The first kappa shape index (κ1) is 23.1. The SMILES string of the molecule is CCN/C(=N/C#N)N[C@H]1CC[C@](CNC(=O)c2ccccc2OC)(c2ccccc2)CC1. The number of nitriles is 1. The maximum absolute atomic E-state index is 12.9. The first-order valence-corrected chi connectivity index (χ1v) is 11.1. The largest absolute Gasteiger partial charge is 0.496 e. The zero-order valence-corrected chi connectivity index (χ0v) is 18.7. The summed E-state index contributed by atoms with van der Waals surface area (Å²) in [6, 6.07) is 17.9. The summed E-state index contributed by atoms with van der Waals surface area (Å²) >= 11 is 0. The number of ether oxygens (including phenoxy) is 1. The summed E-state index contributed by atoms with van der Waals surface area (Å²) in [6.45, 7) is 3.22. The molecule has 1 saturated carbocycles. The van der Waals surface area contributed by atoms with Crippen LogP contribution >= 0.6 is 0 Å². The van der Waals surface area contributed by atoms with Gasteiger partial charge in [0.15, 0.2) is 0 Å². The topological polar surface area (TPSA) is 98.5 Å². The number of amides is 1. The van der Waals surface area contributed by atoms with Crippen LogP contribution in [0.2, 0.25) is 0 Å². The molecular weight excluding hydrogens is 402 g/mol. The van der Waals surface area contributed by atoms with Crippen molar-refractivity contribution in [2.24, 2.45) is 4.99 Å². The molecule has 0 aliphatic heterocycles. The highest BCUT2D eigenvalue weighted by Crippen LogP contribution is 2.39. The Labute approximate surface area is 189 Å². The van der Waals surface area contributed by atoms with Crippen molar-refractivity contribution in [3.05, 3.63) is 65.7 Å². The van der Waals surface area contributed by atoms with Gasteiger partial charge in [-0.1, -0.05) is 42.5 Å². The number of aliphatic imine (C=N–C) groups is 1. The van der Waals surface area contributed by atoms with E-state index in [9.17, 15) is 4.79 Å². The van der Waals surface area contributed by atoms with Crippen LogP contribution in [-0.4, -0.2) is 38.1 Å². The Morgan fingerprint density at radius 3 is 2.47 bits per heavy atom. The van der Waals surface area contributed by atoms with Crippen LogP contribution < -0.4 is 20.7 Å². The number of hydrogen-bond acceptors (Lipinski definition) is 4. The molecule has 1 aliphatic rings. The van der Waals surface area contributed by atoms with Gasteiger partial charge < -0.3 is 20.7 Å². The van der Waals surface area contributed by atoms with Gasteiger partial charge in [0.25, 0.3) is 5.91 Å². The lowest BCUT2D eigenvalue weighted by Crippen LogP contribution is -2.49. The van der Waals surface area contributed by atoms with Crippen LogP contribution in [0.25, 0.3) is 0 Å². The Kier molecular flexibility index (Phi) is 8.09. The molecule has 0 aromatic heterocycles. The van der Waals surface area contributed by atoms with E-state index in [1.807, 2.05) is 43.4 Å². The molecule has 3 N–H and O–H groups in total. The molecule has 0 unspecified atom stereocenters. The highest BCUT2D eigenvalue weighted by molar-refractivity contribution is 5.97. The fourth-order valence-electron chi connectivity index (χ4n) is 4.38. The second-order valence-corrected chi connectivity index (χ2v) is 8.04. The van der Waals surface area contributed by atoms with Crippen molar-refractivity contribution in [1.29, 1.82) is 5.26 Å². The van der Waals surface area contributed by atoms with Crippen LogP contribution in [0.1, 0.15) is 48.5 Å². The highest BCUT2D eigenvalue weighted by atomic mass is 16.5. The standard InChI is InChI=1S/C25H31N5O2/c1-3-27-24(29-18-26)30-20-13-15-25(16-14-20,19-9-5-4-6-10-19)17-28-23(31)21-11-7-8-12-22(21)32-2/h4-12,20H,3,13-17H2,1-2H3,(H,28,31)(H2,27,29,30)/t20-,25-. The minimum atomic E-state index is -0.151. The molecule has 168 valence electrons. The summed E-state index contributed by atoms with van der Waals surface area (Å²) in [5.74, 6) is 0.963. The Hall–Kier alpha value is -3.53. The molecular formula is C25H31N5O2. The number of nitrogens with one attached hydrogen (secondary N) is 3. The summed E-state index contributed by atoms with van der Waals surface area (Å²) in [4.78, 5) is 16.8. The third-order valence-corrected chi connectivity index (χ3v) is 6.11. The molecule has 1 amide bonds. The second-order valence-electron chi connectivity index (χ2n) is 8.04.